The van der Waals surface area contributed by atoms with Crippen molar-refractivity contribution in [3.05, 3.63) is 34.9 Å². The molecular formula is C11H10ClN. The number of hydrogen-bond acceptors (Lipinski definition) is 1. The van der Waals surface area contributed by atoms with Gasteiger partial charge in [0.05, 0.1) is 12.0 Å². The summed E-state index contributed by atoms with van der Waals surface area (Å²) in [5.74, 6) is 0.554. The number of halogens is 1. The highest BCUT2D eigenvalue weighted by atomic mass is 35.5. The van der Waals surface area contributed by atoms with Crippen molar-refractivity contribution in [2.24, 2.45) is 5.92 Å². The van der Waals surface area contributed by atoms with Crippen molar-refractivity contribution in [1.29, 1.82) is 5.26 Å². The SMILES string of the molecule is N#CC(c1ccccc1Cl)C1CC1. The van der Waals surface area contributed by atoms with Crippen LogP contribution in [-0.2, 0) is 0 Å². The summed E-state index contributed by atoms with van der Waals surface area (Å²) in [4.78, 5) is 0. The van der Waals surface area contributed by atoms with Crippen molar-refractivity contribution >= 4 is 11.6 Å². The van der Waals surface area contributed by atoms with E-state index in [9.17, 15) is 0 Å². The average molecular weight is 192 g/mol. The second-order valence-electron chi connectivity index (χ2n) is 3.47. The number of nitrogens with zero attached hydrogens (tertiary/aromatic N) is 1. The summed E-state index contributed by atoms with van der Waals surface area (Å²) in [6.07, 6.45) is 2.34. The lowest BCUT2D eigenvalue weighted by Crippen LogP contribution is -1.98. The topological polar surface area (TPSA) is 23.8 Å². The molecule has 1 aliphatic carbocycles. The van der Waals surface area contributed by atoms with E-state index < -0.39 is 0 Å². The molecule has 0 N–H and O–H groups in total. The predicted molar refractivity (Wildman–Crippen MR) is 52.5 cm³/mol. The fourth-order valence-corrected chi connectivity index (χ4v) is 1.84. The smallest absolute Gasteiger partial charge is 0.0755 e. The summed E-state index contributed by atoms with van der Waals surface area (Å²) in [5.41, 5.74) is 0.995. The summed E-state index contributed by atoms with van der Waals surface area (Å²) in [6, 6.07) is 9.97. The van der Waals surface area contributed by atoms with Crippen molar-refractivity contribution in [1.82, 2.24) is 0 Å². The minimum absolute atomic E-state index is 0.00806. The molecule has 0 amide bonds. The van der Waals surface area contributed by atoms with Crippen LogP contribution >= 0.6 is 11.6 Å². The monoisotopic (exact) mass is 191 g/mol. The van der Waals surface area contributed by atoms with Crippen LogP contribution in [0.4, 0.5) is 0 Å². The lowest BCUT2D eigenvalue weighted by atomic mass is 9.96. The van der Waals surface area contributed by atoms with Crippen molar-refractivity contribution in [2.45, 2.75) is 18.8 Å². The van der Waals surface area contributed by atoms with E-state index >= 15 is 0 Å². The van der Waals surface area contributed by atoms with Gasteiger partial charge in [-0.3, -0.25) is 0 Å². The molecule has 1 atom stereocenters. The molecule has 0 aliphatic heterocycles. The van der Waals surface area contributed by atoms with Gasteiger partial charge >= 0.3 is 0 Å². The number of rotatable bonds is 2. The van der Waals surface area contributed by atoms with Gasteiger partial charge < -0.3 is 0 Å². The zero-order chi connectivity index (χ0) is 9.26. The molecule has 1 unspecified atom stereocenters. The quantitative estimate of drug-likeness (QED) is 0.703. The van der Waals surface area contributed by atoms with Gasteiger partial charge in [0, 0.05) is 5.02 Å². The van der Waals surface area contributed by atoms with Crippen LogP contribution in [0.3, 0.4) is 0 Å². The van der Waals surface area contributed by atoms with Crippen LogP contribution < -0.4 is 0 Å². The first-order valence-electron chi connectivity index (χ1n) is 4.47. The highest BCUT2D eigenvalue weighted by Gasteiger charge is 2.33. The van der Waals surface area contributed by atoms with Crippen LogP contribution in [0, 0.1) is 17.2 Å². The second kappa shape index (κ2) is 3.40. The molecule has 13 heavy (non-hydrogen) atoms. The third-order valence-electron chi connectivity index (χ3n) is 2.47. The third kappa shape index (κ3) is 1.68. The van der Waals surface area contributed by atoms with Crippen LogP contribution in [0.15, 0.2) is 24.3 Å². The Bertz CT molecular complexity index is 349. The summed E-state index contributed by atoms with van der Waals surface area (Å²) >= 11 is 6.02. The Labute approximate surface area is 82.9 Å². The first-order chi connectivity index (χ1) is 6.33. The molecule has 1 aliphatic rings. The first kappa shape index (κ1) is 8.59. The third-order valence-corrected chi connectivity index (χ3v) is 2.82. The normalized spacial score (nSPS) is 17.8. The van der Waals surface area contributed by atoms with Crippen LogP contribution in [-0.4, -0.2) is 0 Å². The first-order valence-corrected chi connectivity index (χ1v) is 4.85. The standard InChI is InChI=1S/C11H10ClN/c12-11-4-2-1-3-9(11)10(7-13)8-5-6-8/h1-4,8,10H,5-6H2. The van der Waals surface area contributed by atoms with E-state index in [2.05, 4.69) is 6.07 Å². The highest BCUT2D eigenvalue weighted by Crippen LogP contribution is 2.43. The fraction of sp³-hybridized carbons (Fsp3) is 0.364. The van der Waals surface area contributed by atoms with E-state index in [4.69, 9.17) is 16.9 Å². The molecule has 0 bridgehead atoms. The lowest BCUT2D eigenvalue weighted by Gasteiger charge is -2.08. The summed E-state index contributed by atoms with van der Waals surface area (Å²) in [7, 11) is 0. The molecule has 1 fully saturated rings. The van der Waals surface area contributed by atoms with Crippen molar-refractivity contribution < 1.29 is 0 Å². The van der Waals surface area contributed by atoms with Gasteiger partial charge in [-0.2, -0.15) is 5.26 Å². The molecule has 1 nitrogen and oxygen atoms in total. The number of hydrogen-bond donors (Lipinski definition) is 0. The summed E-state index contributed by atoms with van der Waals surface area (Å²) < 4.78 is 0. The maximum Gasteiger partial charge on any atom is 0.0755 e. The minimum Gasteiger partial charge on any atom is -0.198 e. The van der Waals surface area contributed by atoms with Crippen LogP contribution in [0.25, 0.3) is 0 Å². The largest absolute Gasteiger partial charge is 0.198 e. The molecule has 0 radical (unpaired) electrons. The Morgan fingerprint density at radius 2 is 2.08 bits per heavy atom. The molecular weight excluding hydrogens is 182 g/mol. The zero-order valence-corrected chi connectivity index (χ0v) is 7.96. The van der Waals surface area contributed by atoms with Gasteiger partial charge in [-0.1, -0.05) is 29.8 Å². The highest BCUT2D eigenvalue weighted by molar-refractivity contribution is 6.31. The Morgan fingerprint density at radius 1 is 1.38 bits per heavy atom. The molecule has 1 saturated carbocycles. The molecule has 1 aromatic rings. The Morgan fingerprint density at radius 3 is 2.62 bits per heavy atom. The van der Waals surface area contributed by atoms with Crippen LogP contribution in [0.5, 0.6) is 0 Å². The predicted octanol–water partition coefficient (Wildman–Crippen LogP) is 3.36. The summed E-state index contributed by atoms with van der Waals surface area (Å²) in [6.45, 7) is 0. The summed E-state index contributed by atoms with van der Waals surface area (Å²) in [5, 5.41) is 9.73. The Balaban J connectivity index is 2.33. The second-order valence-corrected chi connectivity index (χ2v) is 3.87. The van der Waals surface area contributed by atoms with Gasteiger partial charge in [0.25, 0.3) is 0 Å². The Hall–Kier alpha value is -1.00. The zero-order valence-electron chi connectivity index (χ0n) is 7.20. The number of nitriles is 1. The van der Waals surface area contributed by atoms with Crippen molar-refractivity contribution in [3.8, 4) is 6.07 Å². The van der Waals surface area contributed by atoms with Gasteiger partial charge in [-0.25, -0.2) is 0 Å². The number of benzene rings is 1. The maximum absolute atomic E-state index is 9.01. The molecule has 0 aromatic heterocycles. The van der Waals surface area contributed by atoms with Gasteiger partial charge in [0.15, 0.2) is 0 Å². The molecule has 66 valence electrons. The van der Waals surface area contributed by atoms with Crippen molar-refractivity contribution in [2.75, 3.05) is 0 Å². The molecule has 0 spiro atoms. The van der Waals surface area contributed by atoms with Gasteiger partial charge in [-0.05, 0) is 30.4 Å². The molecule has 2 rings (SSSR count). The van der Waals surface area contributed by atoms with E-state index in [1.165, 1.54) is 12.8 Å². The van der Waals surface area contributed by atoms with E-state index in [1.807, 2.05) is 24.3 Å². The molecule has 1 aromatic carbocycles. The van der Waals surface area contributed by atoms with Crippen molar-refractivity contribution in [3.63, 3.8) is 0 Å². The van der Waals surface area contributed by atoms with Crippen LogP contribution in [0.1, 0.15) is 24.3 Å². The van der Waals surface area contributed by atoms with E-state index in [1.54, 1.807) is 0 Å². The van der Waals surface area contributed by atoms with E-state index in [0.29, 0.717) is 5.92 Å². The molecule has 0 heterocycles. The van der Waals surface area contributed by atoms with E-state index in [-0.39, 0.29) is 5.92 Å². The molecule has 0 saturated heterocycles. The minimum atomic E-state index is 0.00806. The van der Waals surface area contributed by atoms with E-state index in [0.717, 1.165) is 10.6 Å². The van der Waals surface area contributed by atoms with Crippen LogP contribution in [0.2, 0.25) is 5.02 Å². The van der Waals surface area contributed by atoms with Gasteiger partial charge in [-0.15, -0.1) is 0 Å². The fourth-order valence-electron chi connectivity index (χ4n) is 1.59. The maximum atomic E-state index is 9.01. The average Bonchev–Trinajstić information content (AvgIpc) is 2.93. The molecule has 2 heteroatoms. The lowest BCUT2D eigenvalue weighted by molar-refractivity contribution is 0.740. The Kier molecular flexibility index (Phi) is 2.24. The van der Waals surface area contributed by atoms with Gasteiger partial charge in [0.2, 0.25) is 0 Å². The van der Waals surface area contributed by atoms with Gasteiger partial charge in [0.1, 0.15) is 0 Å².